The first-order valence-electron chi connectivity index (χ1n) is 4.68. The Morgan fingerprint density at radius 2 is 2.46 bits per heavy atom. The topological polar surface area (TPSA) is 47.6 Å². The van der Waals surface area contributed by atoms with Gasteiger partial charge in [-0.3, -0.25) is 0 Å². The summed E-state index contributed by atoms with van der Waals surface area (Å²) in [6, 6.07) is 0. The van der Waals surface area contributed by atoms with Gasteiger partial charge in [-0.1, -0.05) is 0 Å². The molecule has 0 spiro atoms. The molecule has 1 heterocycles. The molecule has 1 fully saturated rings. The van der Waals surface area contributed by atoms with E-state index in [1.807, 2.05) is 0 Å². The number of rotatable bonds is 4. The molecule has 1 aliphatic heterocycles. The minimum atomic E-state index is -0.302. The van der Waals surface area contributed by atoms with Crippen molar-refractivity contribution in [1.29, 1.82) is 0 Å². The Kier molecular flexibility index (Phi) is 4.78. The van der Waals surface area contributed by atoms with Gasteiger partial charge in [0.05, 0.1) is 13.7 Å². The van der Waals surface area contributed by atoms with Crippen LogP contribution in [0.1, 0.15) is 12.8 Å². The second kappa shape index (κ2) is 5.94. The highest BCUT2D eigenvalue weighted by molar-refractivity contribution is 5.70. The molecule has 0 amide bonds. The minimum absolute atomic E-state index is 0.0764. The molecular weight excluding hydrogens is 170 g/mol. The molecule has 1 saturated heterocycles. The maximum Gasteiger partial charge on any atom is 0.331 e. The smallest absolute Gasteiger partial charge is 0.331 e. The van der Waals surface area contributed by atoms with Crippen LogP contribution in [0.2, 0.25) is 0 Å². The van der Waals surface area contributed by atoms with Gasteiger partial charge in [-0.15, -0.1) is 0 Å². The Morgan fingerprint density at radius 1 is 1.62 bits per heavy atom. The lowest BCUT2D eigenvalue weighted by molar-refractivity contribution is -0.146. The fraction of sp³-hybridized carbons (Fsp3) is 0.889. The van der Waals surface area contributed by atoms with Crippen LogP contribution in [0.5, 0.6) is 0 Å². The third kappa shape index (κ3) is 4.24. The fourth-order valence-electron chi connectivity index (χ4n) is 1.43. The van der Waals surface area contributed by atoms with Gasteiger partial charge < -0.3 is 14.8 Å². The summed E-state index contributed by atoms with van der Waals surface area (Å²) in [5, 5.41) is 3.29. The lowest BCUT2D eigenvalue weighted by atomic mass is 10.0. The van der Waals surface area contributed by atoms with E-state index in [2.05, 4.69) is 10.1 Å². The van der Waals surface area contributed by atoms with Gasteiger partial charge in [0.2, 0.25) is 0 Å². The average molecular weight is 187 g/mol. The monoisotopic (exact) mass is 187 g/mol. The molecule has 0 radical (unpaired) electrons. The van der Waals surface area contributed by atoms with Crippen molar-refractivity contribution >= 4 is 5.97 Å². The van der Waals surface area contributed by atoms with Crippen molar-refractivity contribution in [3.05, 3.63) is 0 Å². The molecule has 0 aromatic carbocycles. The van der Waals surface area contributed by atoms with E-state index in [-0.39, 0.29) is 12.6 Å². The Labute approximate surface area is 78.6 Å². The van der Waals surface area contributed by atoms with Crippen LogP contribution in [-0.2, 0) is 14.3 Å². The normalized spacial score (nSPS) is 22.7. The Hall–Kier alpha value is -0.610. The second-order valence-corrected chi connectivity index (χ2v) is 3.30. The summed E-state index contributed by atoms with van der Waals surface area (Å²) in [5.41, 5.74) is 0. The molecule has 1 N–H and O–H groups in total. The quantitative estimate of drug-likeness (QED) is 0.638. The van der Waals surface area contributed by atoms with Crippen LogP contribution < -0.4 is 5.32 Å². The summed E-state index contributed by atoms with van der Waals surface area (Å²) in [7, 11) is 1.37. The number of methoxy groups -OCH3 is 1. The van der Waals surface area contributed by atoms with Crippen LogP contribution in [0.3, 0.4) is 0 Å². The summed E-state index contributed by atoms with van der Waals surface area (Å²) in [5.74, 6) is 0.252. The van der Waals surface area contributed by atoms with E-state index in [1.165, 1.54) is 20.0 Å². The lowest BCUT2D eigenvalue weighted by Crippen LogP contribution is -2.32. The van der Waals surface area contributed by atoms with Crippen LogP contribution in [0, 0.1) is 5.92 Å². The number of esters is 1. The molecule has 0 saturated carbocycles. The van der Waals surface area contributed by atoms with E-state index in [9.17, 15) is 4.79 Å². The summed E-state index contributed by atoms with van der Waals surface area (Å²) < 4.78 is 9.67. The van der Waals surface area contributed by atoms with E-state index >= 15 is 0 Å². The van der Waals surface area contributed by atoms with Crippen molar-refractivity contribution in [3.8, 4) is 0 Å². The van der Waals surface area contributed by atoms with E-state index in [0.717, 1.165) is 13.1 Å². The first-order chi connectivity index (χ1) is 6.33. The third-order valence-corrected chi connectivity index (χ3v) is 2.20. The number of hydrogen-bond donors (Lipinski definition) is 1. The summed E-state index contributed by atoms with van der Waals surface area (Å²) in [6.45, 7) is 2.84. The van der Waals surface area contributed by atoms with Crippen LogP contribution in [-0.4, -0.2) is 39.4 Å². The molecule has 1 atom stereocenters. The Balaban J connectivity index is 2.01. The number of carbonyl (C=O) groups is 1. The van der Waals surface area contributed by atoms with Crippen molar-refractivity contribution in [2.45, 2.75) is 12.8 Å². The van der Waals surface area contributed by atoms with Gasteiger partial charge in [0.25, 0.3) is 0 Å². The first-order valence-corrected chi connectivity index (χ1v) is 4.68. The molecule has 1 unspecified atom stereocenters. The van der Waals surface area contributed by atoms with Crippen molar-refractivity contribution < 1.29 is 14.3 Å². The molecule has 0 bridgehead atoms. The maximum atomic E-state index is 10.7. The van der Waals surface area contributed by atoms with E-state index in [4.69, 9.17) is 4.74 Å². The van der Waals surface area contributed by atoms with E-state index in [1.54, 1.807) is 0 Å². The largest absolute Gasteiger partial charge is 0.467 e. The van der Waals surface area contributed by atoms with Gasteiger partial charge in [0.1, 0.15) is 6.61 Å². The lowest BCUT2D eigenvalue weighted by Gasteiger charge is -2.22. The molecule has 0 aromatic rings. The standard InChI is InChI=1S/C9H17NO3/c1-12-9(11)7-13-6-8-3-2-4-10-5-8/h8,10H,2-7H2,1H3. The van der Waals surface area contributed by atoms with Crippen LogP contribution in [0.25, 0.3) is 0 Å². The number of nitrogens with one attached hydrogen (secondary N) is 1. The van der Waals surface area contributed by atoms with Gasteiger partial charge in [0.15, 0.2) is 0 Å². The van der Waals surface area contributed by atoms with Crippen molar-refractivity contribution in [1.82, 2.24) is 5.32 Å². The summed E-state index contributed by atoms with van der Waals surface area (Å²) in [4.78, 5) is 10.7. The van der Waals surface area contributed by atoms with Crippen LogP contribution >= 0.6 is 0 Å². The minimum Gasteiger partial charge on any atom is -0.467 e. The van der Waals surface area contributed by atoms with E-state index in [0.29, 0.717) is 12.5 Å². The van der Waals surface area contributed by atoms with Gasteiger partial charge >= 0.3 is 5.97 Å². The number of piperidine rings is 1. The van der Waals surface area contributed by atoms with E-state index < -0.39 is 0 Å². The van der Waals surface area contributed by atoms with Crippen LogP contribution in [0.4, 0.5) is 0 Å². The highest BCUT2D eigenvalue weighted by atomic mass is 16.6. The second-order valence-electron chi connectivity index (χ2n) is 3.30. The predicted octanol–water partition coefficient (Wildman–Crippen LogP) is 0.176. The first kappa shape index (κ1) is 10.5. The third-order valence-electron chi connectivity index (χ3n) is 2.20. The van der Waals surface area contributed by atoms with Crippen LogP contribution in [0.15, 0.2) is 0 Å². The molecule has 0 aliphatic carbocycles. The zero-order valence-electron chi connectivity index (χ0n) is 8.04. The SMILES string of the molecule is COC(=O)COCC1CCCNC1. The maximum absolute atomic E-state index is 10.7. The number of hydrogen-bond acceptors (Lipinski definition) is 4. The predicted molar refractivity (Wildman–Crippen MR) is 48.4 cm³/mol. The summed E-state index contributed by atoms with van der Waals surface area (Å²) in [6.07, 6.45) is 2.39. The van der Waals surface area contributed by atoms with Gasteiger partial charge in [-0.25, -0.2) is 4.79 Å². The molecule has 1 rings (SSSR count). The van der Waals surface area contributed by atoms with Gasteiger partial charge in [-0.05, 0) is 25.3 Å². The molecule has 4 nitrogen and oxygen atoms in total. The molecule has 76 valence electrons. The van der Waals surface area contributed by atoms with Crippen molar-refractivity contribution in [2.24, 2.45) is 5.92 Å². The molecule has 1 aliphatic rings. The molecule has 13 heavy (non-hydrogen) atoms. The van der Waals surface area contributed by atoms with Crippen molar-refractivity contribution in [3.63, 3.8) is 0 Å². The molecule has 0 aromatic heterocycles. The zero-order valence-corrected chi connectivity index (χ0v) is 8.04. The Bertz CT molecular complexity index is 155. The fourth-order valence-corrected chi connectivity index (χ4v) is 1.43. The van der Waals surface area contributed by atoms with Gasteiger partial charge in [0, 0.05) is 6.54 Å². The molecular formula is C9H17NO3. The average Bonchev–Trinajstić information content (AvgIpc) is 2.19. The number of carbonyl (C=O) groups excluding carboxylic acids is 1. The zero-order chi connectivity index (χ0) is 9.52. The Morgan fingerprint density at radius 3 is 3.08 bits per heavy atom. The molecule has 4 heteroatoms. The summed E-state index contributed by atoms with van der Waals surface area (Å²) >= 11 is 0. The number of ether oxygens (including phenoxy) is 2. The van der Waals surface area contributed by atoms with Gasteiger partial charge in [-0.2, -0.15) is 0 Å². The van der Waals surface area contributed by atoms with Crippen molar-refractivity contribution in [2.75, 3.05) is 33.4 Å². The highest BCUT2D eigenvalue weighted by Crippen LogP contribution is 2.09. The highest BCUT2D eigenvalue weighted by Gasteiger charge is 2.13.